The second-order valence-electron chi connectivity index (χ2n) is 6.75. The highest BCUT2D eigenvalue weighted by atomic mass is 35.5. The maximum Gasteiger partial charge on any atom is 0.319 e. The molecular formula is C18H29ClN4O3. The summed E-state index contributed by atoms with van der Waals surface area (Å²) < 4.78 is 5.29. The van der Waals surface area contributed by atoms with Gasteiger partial charge in [0.05, 0.1) is 12.0 Å². The molecule has 2 rings (SSSR count). The number of hydrogen-bond donors (Lipinski definition) is 4. The molecule has 1 aromatic carbocycles. The number of hydrogen-bond acceptors (Lipinski definition) is 4. The van der Waals surface area contributed by atoms with Crippen molar-refractivity contribution in [3.8, 4) is 0 Å². The molecule has 146 valence electrons. The Hall–Kier alpha value is -1.83. The van der Waals surface area contributed by atoms with E-state index < -0.39 is 5.41 Å². The first-order chi connectivity index (χ1) is 11.9. The molecule has 0 unspecified atom stereocenters. The maximum absolute atomic E-state index is 12.8. The Morgan fingerprint density at radius 1 is 1.12 bits per heavy atom. The van der Waals surface area contributed by atoms with Crippen LogP contribution in [-0.2, 0) is 9.53 Å². The fourth-order valence-electron chi connectivity index (χ4n) is 2.95. The molecule has 1 aliphatic heterocycles. The van der Waals surface area contributed by atoms with Crippen LogP contribution in [0.5, 0.6) is 0 Å². The maximum atomic E-state index is 12.8. The van der Waals surface area contributed by atoms with Crippen LogP contribution >= 0.6 is 12.4 Å². The van der Waals surface area contributed by atoms with Crippen molar-refractivity contribution in [1.82, 2.24) is 10.6 Å². The molecule has 1 aromatic rings. The molecule has 4 N–H and O–H groups in total. The van der Waals surface area contributed by atoms with Crippen molar-refractivity contribution < 1.29 is 14.3 Å². The van der Waals surface area contributed by atoms with Crippen LogP contribution in [0.3, 0.4) is 0 Å². The Morgan fingerprint density at radius 2 is 1.65 bits per heavy atom. The number of carbonyl (C=O) groups excluding carboxylic acids is 2. The summed E-state index contributed by atoms with van der Waals surface area (Å²) in [7, 11) is 1.62. The first kappa shape index (κ1) is 22.2. The highest BCUT2D eigenvalue weighted by Crippen LogP contribution is 2.31. The minimum atomic E-state index is -0.492. The van der Waals surface area contributed by atoms with Crippen molar-refractivity contribution in [2.75, 3.05) is 37.4 Å². The van der Waals surface area contributed by atoms with Gasteiger partial charge in [0, 0.05) is 24.5 Å². The van der Waals surface area contributed by atoms with Gasteiger partial charge in [-0.15, -0.1) is 12.4 Å². The van der Waals surface area contributed by atoms with E-state index in [0.29, 0.717) is 18.0 Å². The van der Waals surface area contributed by atoms with Crippen molar-refractivity contribution >= 4 is 35.7 Å². The van der Waals surface area contributed by atoms with Gasteiger partial charge in [-0.1, -0.05) is 0 Å². The van der Waals surface area contributed by atoms with Crippen LogP contribution in [0.1, 0.15) is 26.7 Å². The summed E-state index contributed by atoms with van der Waals surface area (Å²) in [5.74, 6) is -0.0193. The molecule has 1 aliphatic rings. The third kappa shape index (κ3) is 6.16. The number of carbonyl (C=O) groups is 2. The summed E-state index contributed by atoms with van der Waals surface area (Å²) in [6.45, 7) is 5.83. The molecule has 0 bridgehead atoms. The monoisotopic (exact) mass is 384 g/mol. The molecule has 8 heteroatoms. The van der Waals surface area contributed by atoms with Gasteiger partial charge in [0.1, 0.15) is 0 Å². The molecule has 0 aliphatic carbocycles. The lowest BCUT2D eigenvalue weighted by atomic mass is 9.78. The smallest absolute Gasteiger partial charge is 0.319 e. The molecule has 7 nitrogen and oxygen atoms in total. The third-order valence-electron chi connectivity index (χ3n) is 4.28. The summed E-state index contributed by atoms with van der Waals surface area (Å²) in [5, 5.41) is 11.8. The highest BCUT2D eigenvalue weighted by Gasteiger charge is 2.39. The number of halogens is 1. The number of piperidine rings is 1. The Bertz CT molecular complexity index is 581. The lowest BCUT2D eigenvalue weighted by molar-refractivity contribution is -0.130. The van der Waals surface area contributed by atoms with E-state index in [2.05, 4.69) is 21.3 Å². The second-order valence-corrected chi connectivity index (χ2v) is 6.75. The van der Waals surface area contributed by atoms with Crippen LogP contribution in [0.2, 0.25) is 0 Å². The van der Waals surface area contributed by atoms with Gasteiger partial charge < -0.3 is 26.0 Å². The zero-order chi connectivity index (χ0) is 18.3. The van der Waals surface area contributed by atoms with Crippen molar-refractivity contribution in [3.05, 3.63) is 24.3 Å². The summed E-state index contributed by atoms with van der Waals surface area (Å²) in [6.07, 6.45) is 1.50. The van der Waals surface area contributed by atoms with Crippen LogP contribution in [0.15, 0.2) is 24.3 Å². The van der Waals surface area contributed by atoms with Crippen LogP contribution in [0.4, 0.5) is 16.2 Å². The molecule has 0 aromatic heterocycles. The van der Waals surface area contributed by atoms with Crippen molar-refractivity contribution in [1.29, 1.82) is 0 Å². The van der Waals surface area contributed by atoms with Gasteiger partial charge in [0.25, 0.3) is 0 Å². The van der Waals surface area contributed by atoms with Crippen LogP contribution < -0.4 is 21.3 Å². The fourth-order valence-corrected chi connectivity index (χ4v) is 2.95. The van der Waals surface area contributed by atoms with Crippen molar-refractivity contribution in [3.63, 3.8) is 0 Å². The SMILES string of the molecule is COCC1(C(=O)Nc2ccc(NC(=O)NC(C)C)cc2)CCNCC1.Cl. The predicted octanol–water partition coefficient (Wildman–Crippen LogP) is 2.59. The van der Waals surface area contributed by atoms with Crippen LogP contribution in [-0.4, -0.2) is 44.8 Å². The van der Waals surface area contributed by atoms with E-state index in [0.717, 1.165) is 25.9 Å². The van der Waals surface area contributed by atoms with Crippen LogP contribution in [0.25, 0.3) is 0 Å². The van der Waals surface area contributed by atoms with Gasteiger partial charge in [-0.05, 0) is 64.0 Å². The molecule has 0 spiro atoms. The van der Waals surface area contributed by atoms with Gasteiger partial charge in [-0.3, -0.25) is 4.79 Å². The standard InChI is InChI=1S/C18H28N4O3.ClH/c1-13(2)20-17(24)22-15-6-4-14(5-7-15)21-16(23)18(12-25-3)8-10-19-11-9-18;/h4-7,13,19H,8-12H2,1-3H3,(H,21,23)(H2,20,22,24);1H. The number of methoxy groups -OCH3 is 1. The largest absolute Gasteiger partial charge is 0.384 e. The molecule has 1 saturated heterocycles. The van der Waals surface area contributed by atoms with Crippen molar-refractivity contribution in [2.45, 2.75) is 32.7 Å². The topological polar surface area (TPSA) is 91.5 Å². The number of benzene rings is 1. The zero-order valence-electron chi connectivity index (χ0n) is 15.6. The third-order valence-corrected chi connectivity index (χ3v) is 4.28. The highest BCUT2D eigenvalue weighted by molar-refractivity contribution is 5.96. The number of ether oxygens (including phenoxy) is 1. The van der Waals surface area contributed by atoms with Gasteiger partial charge >= 0.3 is 6.03 Å². The number of anilines is 2. The van der Waals surface area contributed by atoms with E-state index in [9.17, 15) is 9.59 Å². The average Bonchev–Trinajstić information content (AvgIpc) is 2.57. The Balaban J connectivity index is 0.00000338. The molecular weight excluding hydrogens is 356 g/mol. The van der Waals surface area contributed by atoms with E-state index in [1.54, 1.807) is 31.4 Å². The molecule has 1 fully saturated rings. The molecule has 0 atom stereocenters. The number of amides is 3. The lowest BCUT2D eigenvalue weighted by Crippen LogP contribution is -2.47. The van der Waals surface area contributed by atoms with Gasteiger partial charge in [0.15, 0.2) is 0 Å². The Kier molecular flexibility index (Phi) is 8.84. The molecule has 26 heavy (non-hydrogen) atoms. The summed E-state index contributed by atoms with van der Waals surface area (Å²) in [5.41, 5.74) is 0.882. The van der Waals surface area contributed by atoms with E-state index in [-0.39, 0.29) is 30.4 Å². The minimum Gasteiger partial charge on any atom is -0.384 e. The fraction of sp³-hybridized carbons (Fsp3) is 0.556. The van der Waals surface area contributed by atoms with Crippen LogP contribution in [0, 0.1) is 5.41 Å². The zero-order valence-corrected chi connectivity index (χ0v) is 16.4. The molecule has 0 saturated carbocycles. The van der Waals surface area contributed by atoms with E-state index in [4.69, 9.17) is 4.74 Å². The molecule has 3 amide bonds. The Labute approximate surface area is 161 Å². The van der Waals surface area contributed by atoms with Gasteiger partial charge in [-0.25, -0.2) is 4.79 Å². The summed E-state index contributed by atoms with van der Waals surface area (Å²) >= 11 is 0. The van der Waals surface area contributed by atoms with Gasteiger partial charge in [-0.2, -0.15) is 0 Å². The van der Waals surface area contributed by atoms with E-state index >= 15 is 0 Å². The lowest BCUT2D eigenvalue weighted by Gasteiger charge is -2.35. The second kappa shape index (κ2) is 10.4. The number of urea groups is 1. The first-order valence-corrected chi connectivity index (χ1v) is 8.64. The number of rotatable bonds is 6. The van der Waals surface area contributed by atoms with Gasteiger partial charge in [0.2, 0.25) is 5.91 Å². The summed E-state index contributed by atoms with van der Waals surface area (Å²) in [6, 6.07) is 6.91. The quantitative estimate of drug-likeness (QED) is 0.606. The molecule has 0 radical (unpaired) electrons. The van der Waals surface area contributed by atoms with E-state index in [1.165, 1.54) is 0 Å². The Morgan fingerprint density at radius 3 is 2.15 bits per heavy atom. The predicted molar refractivity (Wildman–Crippen MR) is 106 cm³/mol. The molecule has 1 heterocycles. The summed E-state index contributed by atoms with van der Waals surface area (Å²) in [4.78, 5) is 24.5. The van der Waals surface area contributed by atoms with Crippen molar-refractivity contribution in [2.24, 2.45) is 5.41 Å². The first-order valence-electron chi connectivity index (χ1n) is 8.64. The average molecular weight is 385 g/mol. The normalized spacial score (nSPS) is 15.7. The minimum absolute atomic E-state index is 0. The van der Waals surface area contributed by atoms with E-state index in [1.807, 2.05) is 13.8 Å². The number of nitrogens with one attached hydrogen (secondary N) is 4.